The Morgan fingerprint density at radius 2 is 1.89 bits per heavy atom. The topological polar surface area (TPSA) is 41.5 Å². The molecule has 0 aromatic heterocycles. The van der Waals surface area contributed by atoms with Crippen molar-refractivity contribution >= 4 is 15.9 Å². The van der Waals surface area contributed by atoms with Gasteiger partial charge in [0.2, 0.25) is 0 Å². The predicted molar refractivity (Wildman–Crippen MR) is 82.9 cm³/mol. The number of methoxy groups -OCH3 is 1. The molecule has 1 aromatic carbocycles. The van der Waals surface area contributed by atoms with Crippen LogP contribution in [0.5, 0.6) is 5.75 Å². The molecule has 0 bridgehead atoms. The highest BCUT2D eigenvalue weighted by atomic mass is 79.9. The molecule has 3 nitrogen and oxygen atoms in total. The molecule has 19 heavy (non-hydrogen) atoms. The number of ether oxygens (including phenoxy) is 1. The van der Waals surface area contributed by atoms with Crippen molar-refractivity contribution in [2.24, 2.45) is 0 Å². The minimum atomic E-state index is -0.263. The quantitative estimate of drug-likeness (QED) is 0.842. The van der Waals surface area contributed by atoms with Crippen molar-refractivity contribution in [3.8, 4) is 5.75 Å². The molecular formula is C15H24BrNO2. The van der Waals surface area contributed by atoms with Crippen molar-refractivity contribution < 1.29 is 9.84 Å². The van der Waals surface area contributed by atoms with E-state index in [-0.39, 0.29) is 17.6 Å². The van der Waals surface area contributed by atoms with E-state index < -0.39 is 0 Å². The number of hydrogen-bond donors (Lipinski definition) is 2. The molecule has 0 radical (unpaired) electrons. The molecule has 0 aliphatic heterocycles. The smallest absolute Gasteiger partial charge is 0.133 e. The zero-order valence-corrected chi connectivity index (χ0v) is 14.0. The van der Waals surface area contributed by atoms with Crippen LogP contribution in [0.15, 0.2) is 22.7 Å². The number of halogens is 1. The van der Waals surface area contributed by atoms with Gasteiger partial charge in [-0.1, -0.05) is 19.9 Å². The lowest BCUT2D eigenvalue weighted by Crippen LogP contribution is -2.48. The van der Waals surface area contributed by atoms with Crippen LogP contribution < -0.4 is 10.1 Å². The molecule has 1 aromatic rings. The monoisotopic (exact) mass is 329 g/mol. The summed E-state index contributed by atoms with van der Waals surface area (Å²) in [5.74, 6) is 0.836. The maximum Gasteiger partial charge on any atom is 0.133 e. The van der Waals surface area contributed by atoms with Gasteiger partial charge in [-0.3, -0.25) is 0 Å². The van der Waals surface area contributed by atoms with Gasteiger partial charge < -0.3 is 15.2 Å². The SMILES string of the molecule is COc1ccc(C(C)(C)CNC(C)(C)CO)cc1Br. The molecule has 0 aliphatic carbocycles. The first kappa shape index (κ1) is 16.5. The van der Waals surface area contributed by atoms with E-state index >= 15 is 0 Å². The first-order valence-corrected chi connectivity index (χ1v) is 7.21. The molecule has 0 heterocycles. The Morgan fingerprint density at radius 1 is 1.26 bits per heavy atom. The van der Waals surface area contributed by atoms with Gasteiger partial charge in [0.15, 0.2) is 0 Å². The Morgan fingerprint density at radius 3 is 2.37 bits per heavy atom. The fourth-order valence-electron chi connectivity index (χ4n) is 1.71. The van der Waals surface area contributed by atoms with Gasteiger partial charge in [-0.2, -0.15) is 0 Å². The molecule has 0 atom stereocenters. The molecule has 0 saturated carbocycles. The van der Waals surface area contributed by atoms with E-state index in [1.807, 2.05) is 19.9 Å². The Balaban J connectivity index is 2.85. The van der Waals surface area contributed by atoms with Gasteiger partial charge >= 0.3 is 0 Å². The molecule has 2 N–H and O–H groups in total. The van der Waals surface area contributed by atoms with Gasteiger partial charge in [0.1, 0.15) is 5.75 Å². The van der Waals surface area contributed by atoms with Crippen molar-refractivity contribution in [1.29, 1.82) is 0 Å². The van der Waals surface area contributed by atoms with Gasteiger partial charge in [-0.05, 0) is 47.5 Å². The number of aliphatic hydroxyl groups is 1. The Hall–Kier alpha value is -0.580. The molecule has 0 saturated heterocycles. The van der Waals surface area contributed by atoms with E-state index in [1.54, 1.807) is 7.11 Å². The summed E-state index contributed by atoms with van der Waals surface area (Å²) < 4.78 is 6.21. The maximum absolute atomic E-state index is 9.29. The average Bonchev–Trinajstić information content (AvgIpc) is 2.36. The lowest BCUT2D eigenvalue weighted by molar-refractivity contribution is 0.181. The van der Waals surface area contributed by atoms with Crippen molar-refractivity contribution in [2.75, 3.05) is 20.3 Å². The second-order valence-electron chi connectivity index (χ2n) is 6.13. The van der Waals surface area contributed by atoms with Gasteiger partial charge in [0.25, 0.3) is 0 Å². The van der Waals surface area contributed by atoms with Crippen LogP contribution in [0, 0.1) is 0 Å². The first-order chi connectivity index (χ1) is 8.72. The molecule has 4 heteroatoms. The van der Waals surface area contributed by atoms with E-state index in [0.717, 1.165) is 16.8 Å². The lowest BCUT2D eigenvalue weighted by Gasteiger charge is -2.32. The summed E-state index contributed by atoms with van der Waals surface area (Å²) in [5.41, 5.74) is 0.934. The lowest BCUT2D eigenvalue weighted by atomic mass is 9.84. The summed E-state index contributed by atoms with van der Waals surface area (Å²) in [6.45, 7) is 9.26. The zero-order chi connectivity index (χ0) is 14.7. The van der Waals surface area contributed by atoms with Crippen LogP contribution in [-0.4, -0.2) is 30.9 Å². The van der Waals surface area contributed by atoms with Crippen molar-refractivity contribution in [3.63, 3.8) is 0 Å². The van der Waals surface area contributed by atoms with Crippen molar-refractivity contribution in [1.82, 2.24) is 5.32 Å². The van der Waals surface area contributed by atoms with Crippen LogP contribution in [0.4, 0.5) is 0 Å². The van der Waals surface area contributed by atoms with Gasteiger partial charge in [0.05, 0.1) is 18.2 Å². The number of rotatable bonds is 6. The summed E-state index contributed by atoms with van der Waals surface area (Å²) >= 11 is 3.52. The van der Waals surface area contributed by atoms with Crippen LogP contribution in [0.25, 0.3) is 0 Å². The summed E-state index contributed by atoms with van der Waals surface area (Å²) in [4.78, 5) is 0. The third-order valence-corrected chi connectivity index (χ3v) is 3.96. The molecule has 1 rings (SSSR count). The van der Waals surface area contributed by atoms with E-state index in [2.05, 4.69) is 47.2 Å². The van der Waals surface area contributed by atoms with Crippen molar-refractivity contribution in [3.05, 3.63) is 28.2 Å². The third kappa shape index (κ3) is 4.48. The molecule has 0 aliphatic rings. The standard InChI is InChI=1S/C15H24BrNO2/c1-14(2,9-17-15(3,4)10-18)11-6-7-13(19-5)12(16)8-11/h6-8,17-18H,9-10H2,1-5H3. The van der Waals surface area contributed by atoms with Crippen LogP contribution in [0.2, 0.25) is 0 Å². The maximum atomic E-state index is 9.29. The largest absolute Gasteiger partial charge is 0.496 e. The van der Waals surface area contributed by atoms with Crippen LogP contribution in [0.3, 0.4) is 0 Å². The minimum absolute atomic E-state index is 0.0266. The predicted octanol–water partition coefficient (Wildman–Crippen LogP) is 3.10. The zero-order valence-electron chi connectivity index (χ0n) is 12.4. The normalized spacial score (nSPS) is 12.6. The number of aliphatic hydroxyl groups excluding tert-OH is 1. The molecule has 0 fully saturated rings. The minimum Gasteiger partial charge on any atom is -0.496 e. The van der Waals surface area contributed by atoms with Crippen LogP contribution >= 0.6 is 15.9 Å². The molecule has 0 spiro atoms. The highest BCUT2D eigenvalue weighted by molar-refractivity contribution is 9.10. The van der Waals surface area contributed by atoms with Gasteiger partial charge in [0, 0.05) is 17.5 Å². The van der Waals surface area contributed by atoms with E-state index in [1.165, 1.54) is 5.56 Å². The molecule has 108 valence electrons. The van der Waals surface area contributed by atoms with E-state index in [4.69, 9.17) is 4.74 Å². The Bertz CT molecular complexity index is 430. The average molecular weight is 330 g/mol. The highest BCUT2D eigenvalue weighted by Gasteiger charge is 2.25. The number of hydrogen-bond acceptors (Lipinski definition) is 3. The molecular weight excluding hydrogens is 306 g/mol. The third-order valence-electron chi connectivity index (χ3n) is 3.34. The number of nitrogens with one attached hydrogen (secondary N) is 1. The summed E-state index contributed by atoms with van der Waals surface area (Å²) in [6, 6.07) is 6.14. The fourth-order valence-corrected chi connectivity index (χ4v) is 2.25. The summed E-state index contributed by atoms with van der Waals surface area (Å²) in [6.07, 6.45) is 0. The summed E-state index contributed by atoms with van der Waals surface area (Å²) in [5, 5.41) is 12.7. The second-order valence-corrected chi connectivity index (χ2v) is 6.98. The first-order valence-electron chi connectivity index (χ1n) is 6.42. The molecule has 0 amide bonds. The van der Waals surface area contributed by atoms with Crippen LogP contribution in [0.1, 0.15) is 33.3 Å². The Labute approximate surface area is 124 Å². The van der Waals surface area contributed by atoms with Crippen LogP contribution in [-0.2, 0) is 5.41 Å². The second kappa shape index (κ2) is 6.25. The summed E-state index contributed by atoms with van der Waals surface area (Å²) in [7, 11) is 1.66. The number of benzene rings is 1. The van der Waals surface area contributed by atoms with Crippen molar-refractivity contribution in [2.45, 2.75) is 38.6 Å². The van der Waals surface area contributed by atoms with Gasteiger partial charge in [-0.15, -0.1) is 0 Å². The fraction of sp³-hybridized carbons (Fsp3) is 0.600. The van der Waals surface area contributed by atoms with E-state index in [9.17, 15) is 5.11 Å². The highest BCUT2D eigenvalue weighted by Crippen LogP contribution is 2.31. The molecule has 0 unspecified atom stereocenters. The van der Waals surface area contributed by atoms with Gasteiger partial charge in [-0.25, -0.2) is 0 Å². The van der Waals surface area contributed by atoms with E-state index in [0.29, 0.717) is 0 Å². The Kier molecular flexibility index (Phi) is 5.42.